The number of aliphatic hydroxyl groups is 1. The summed E-state index contributed by atoms with van der Waals surface area (Å²) in [5.41, 5.74) is 2.02. The summed E-state index contributed by atoms with van der Waals surface area (Å²) in [6.07, 6.45) is 0. The number of nitrogens with one attached hydrogen (secondary N) is 1. The molecule has 0 amide bonds. The maximum absolute atomic E-state index is 8.98. The molecule has 2 rings (SSSR count). The Balaban J connectivity index is 2.03. The molecule has 0 spiro atoms. The van der Waals surface area contributed by atoms with Crippen LogP contribution >= 0.6 is 0 Å². The predicted molar refractivity (Wildman–Crippen MR) is 73.0 cm³/mol. The van der Waals surface area contributed by atoms with Gasteiger partial charge in [-0.2, -0.15) is 4.98 Å². The maximum atomic E-state index is 8.98. The SMILES string of the molecule is COc1cc(NCc2ccc(CO)cc2)nc(C)n1. The minimum atomic E-state index is 0.0655. The molecule has 2 N–H and O–H groups in total. The summed E-state index contributed by atoms with van der Waals surface area (Å²) in [7, 11) is 1.58. The Labute approximate surface area is 112 Å². The molecule has 0 saturated carbocycles. The van der Waals surface area contributed by atoms with E-state index in [4.69, 9.17) is 9.84 Å². The third-order valence-corrected chi connectivity index (χ3v) is 2.70. The molecule has 0 fully saturated rings. The molecule has 1 aromatic carbocycles. The number of aryl methyl sites for hydroxylation is 1. The zero-order valence-corrected chi connectivity index (χ0v) is 11.1. The van der Waals surface area contributed by atoms with Gasteiger partial charge >= 0.3 is 0 Å². The topological polar surface area (TPSA) is 67.3 Å². The molecule has 100 valence electrons. The molecule has 0 aliphatic rings. The number of anilines is 1. The third kappa shape index (κ3) is 3.66. The van der Waals surface area contributed by atoms with Crippen molar-refractivity contribution < 1.29 is 9.84 Å². The molecular weight excluding hydrogens is 242 g/mol. The third-order valence-electron chi connectivity index (χ3n) is 2.70. The Kier molecular flexibility index (Phi) is 4.30. The second kappa shape index (κ2) is 6.15. The van der Waals surface area contributed by atoms with Gasteiger partial charge in [0.15, 0.2) is 0 Å². The molecule has 2 aromatic rings. The molecule has 0 bridgehead atoms. The van der Waals surface area contributed by atoms with E-state index in [2.05, 4.69) is 15.3 Å². The molecule has 5 heteroatoms. The van der Waals surface area contributed by atoms with Crippen LogP contribution in [-0.2, 0) is 13.2 Å². The summed E-state index contributed by atoms with van der Waals surface area (Å²) in [5, 5.41) is 12.2. The van der Waals surface area contributed by atoms with E-state index in [0.29, 0.717) is 18.2 Å². The molecule has 0 aliphatic heterocycles. The van der Waals surface area contributed by atoms with Crippen molar-refractivity contribution in [2.24, 2.45) is 0 Å². The first-order valence-electron chi connectivity index (χ1n) is 6.03. The lowest BCUT2D eigenvalue weighted by atomic mass is 10.1. The van der Waals surface area contributed by atoms with E-state index in [1.165, 1.54) is 0 Å². The van der Waals surface area contributed by atoms with E-state index in [9.17, 15) is 0 Å². The summed E-state index contributed by atoms with van der Waals surface area (Å²) in [4.78, 5) is 8.42. The van der Waals surface area contributed by atoms with E-state index >= 15 is 0 Å². The Morgan fingerprint density at radius 1 is 1.16 bits per heavy atom. The van der Waals surface area contributed by atoms with Crippen molar-refractivity contribution in [1.82, 2.24) is 9.97 Å². The monoisotopic (exact) mass is 259 g/mol. The minimum absolute atomic E-state index is 0.0655. The normalized spacial score (nSPS) is 10.3. The van der Waals surface area contributed by atoms with E-state index in [1.54, 1.807) is 13.2 Å². The highest BCUT2D eigenvalue weighted by Crippen LogP contribution is 2.14. The van der Waals surface area contributed by atoms with Gasteiger partial charge in [0.1, 0.15) is 11.6 Å². The van der Waals surface area contributed by atoms with Gasteiger partial charge in [0.2, 0.25) is 5.88 Å². The van der Waals surface area contributed by atoms with E-state index in [0.717, 1.165) is 16.9 Å². The van der Waals surface area contributed by atoms with Gasteiger partial charge in [-0.05, 0) is 18.1 Å². The highest BCUT2D eigenvalue weighted by atomic mass is 16.5. The number of ether oxygens (including phenoxy) is 1. The van der Waals surface area contributed by atoms with Crippen molar-refractivity contribution in [2.75, 3.05) is 12.4 Å². The predicted octanol–water partition coefficient (Wildman–Crippen LogP) is 1.90. The van der Waals surface area contributed by atoms with Crippen molar-refractivity contribution in [3.8, 4) is 5.88 Å². The van der Waals surface area contributed by atoms with Gasteiger partial charge in [-0.25, -0.2) is 4.98 Å². The van der Waals surface area contributed by atoms with Crippen molar-refractivity contribution in [3.63, 3.8) is 0 Å². The maximum Gasteiger partial charge on any atom is 0.218 e. The van der Waals surface area contributed by atoms with Crippen LogP contribution in [0, 0.1) is 6.92 Å². The number of aliphatic hydroxyl groups excluding tert-OH is 1. The van der Waals surface area contributed by atoms with Crippen LogP contribution < -0.4 is 10.1 Å². The molecule has 0 radical (unpaired) electrons. The van der Waals surface area contributed by atoms with Gasteiger partial charge in [0.25, 0.3) is 0 Å². The van der Waals surface area contributed by atoms with Gasteiger partial charge < -0.3 is 15.2 Å². The Bertz CT molecular complexity index is 541. The zero-order valence-electron chi connectivity index (χ0n) is 11.1. The van der Waals surface area contributed by atoms with Crippen molar-refractivity contribution >= 4 is 5.82 Å². The summed E-state index contributed by atoms with van der Waals surface area (Å²) < 4.78 is 5.10. The van der Waals surface area contributed by atoms with Gasteiger partial charge in [-0.3, -0.25) is 0 Å². The highest BCUT2D eigenvalue weighted by Gasteiger charge is 2.01. The number of rotatable bonds is 5. The Hall–Kier alpha value is -2.14. The lowest BCUT2D eigenvalue weighted by Crippen LogP contribution is -2.04. The largest absolute Gasteiger partial charge is 0.481 e. The second-order valence-electron chi connectivity index (χ2n) is 4.17. The molecule has 0 saturated heterocycles. The summed E-state index contributed by atoms with van der Waals surface area (Å²) in [6, 6.07) is 9.52. The quantitative estimate of drug-likeness (QED) is 0.858. The van der Waals surface area contributed by atoms with Crippen LogP contribution in [0.5, 0.6) is 5.88 Å². The van der Waals surface area contributed by atoms with E-state index < -0.39 is 0 Å². The molecular formula is C14H17N3O2. The van der Waals surface area contributed by atoms with E-state index in [1.807, 2.05) is 31.2 Å². The lowest BCUT2D eigenvalue weighted by Gasteiger charge is -2.08. The Morgan fingerprint density at radius 2 is 1.84 bits per heavy atom. The first kappa shape index (κ1) is 13.3. The highest BCUT2D eigenvalue weighted by molar-refractivity contribution is 5.39. The second-order valence-corrected chi connectivity index (χ2v) is 4.17. The van der Waals surface area contributed by atoms with Crippen LogP contribution in [-0.4, -0.2) is 22.2 Å². The molecule has 1 aromatic heterocycles. The standard InChI is InChI=1S/C14H17N3O2/c1-10-16-13(7-14(17-10)19-2)15-8-11-3-5-12(9-18)6-4-11/h3-7,18H,8-9H2,1-2H3,(H,15,16,17). The van der Waals surface area contributed by atoms with Crippen molar-refractivity contribution in [1.29, 1.82) is 0 Å². The van der Waals surface area contributed by atoms with Gasteiger partial charge in [-0.1, -0.05) is 24.3 Å². The van der Waals surface area contributed by atoms with Crippen LogP contribution in [0.1, 0.15) is 17.0 Å². The van der Waals surface area contributed by atoms with Gasteiger partial charge in [0.05, 0.1) is 13.7 Å². The molecule has 1 heterocycles. The first-order valence-corrected chi connectivity index (χ1v) is 6.03. The van der Waals surface area contributed by atoms with E-state index in [-0.39, 0.29) is 6.61 Å². The number of benzene rings is 1. The molecule has 19 heavy (non-hydrogen) atoms. The number of nitrogens with zero attached hydrogens (tertiary/aromatic N) is 2. The molecule has 0 atom stereocenters. The van der Waals surface area contributed by atoms with Gasteiger partial charge in [0, 0.05) is 12.6 Å². The summed E-state index contributed by atoms with van der Waals surface area (Å²) >= 11 is 0. The number of hydrogen-bond acceptors (Lipinski definition) is 5. The molecule has 0 unspecified atom stereocenters. The fraction of sp³-hybridized carbons (Fsp3) is 0.286. The molecule has 0 aliphatic carbocycles. The zero-order chi connectivity index (χ0) is 13.7. The lowest BCUT2D eigenvalue weighted by molar-refractivity contribution is 0.282. The number of methoxy groups -OCH3 is 1. The average molecular weight is 259 g/mol. The van der Waals surface area contributed by atoms with Crippen LogP contribution in [0.2, 0.25) is 0 Å². The van der Waals surface area contributed by atoms with Crippen LogP contribution in [0.25, 0.3) is 0 Å². The summed E-state index contributed by atoms with van der Waals surface area (Å²) in [6.45, 7) is 2.55. The minimum Gasteiger partial charge on any atom is -0.481 e. The smallest absolute Gasteiger partial charge is 0.218 e. The number of aromatic nitrogens is 2. The molecule has 5 nitrogen and oxygen atoms in total. The average Bonchev–Trinajstić information content (AvgIpc) is 2.45. The van der Waals surface area contributed by atoms with Crippen LogP contribution in [0.4, 0.5) is 5.82 Å². The fourth-order valence-electron chi connectivity index (χ4n) is 1.69. The summed E-state index contributed by atoms with van der Waals surface area (Å²) in [5.74, 6) is 1.94. The number of hydrogen-bond donors (Lipinski definition) is 2. The van der Waals surface area contributed by atoms with Crippen molar-refractivity contribution in [3.05, 3.63) is 47.3 Å². The van der Waals surface area contributed by atoms with Crippen LogP contribution in [0.15, 0.2) is 30.3 Å². The Morgan fingerprint density at radius 3 is 2.47 bits per heavy atom. The van der Waals surface area contributed by atoms with Gasteiger partial charge in [-0.15, -0.1) is 0 Å². The fourth-order valence-corrected chi connectivity index (χ4v) is 1.69. The van der Waals surface area contributed by atoms with Crippen LogP contribution in [0.3, 0.4) is 0 Å². The first-order chi connectivity index (χ1) is 9.21. The van der Waals surface area contributed by atoms with Crippen molar-refractivity contribution in [2.45, 2.75) is 20.1 Å².